The molecule has 1 saturated heterocycles. The van der Waals surface area contributed by atoms with Gasteiger partial charge in [-0.2, -0.15) is 13.2 Å². The Morgan fingerprint density at radius 1 is 1.15 bits per heavy atom. The van der Waals surface area contributed by atoms with Crippen LogP contribution in [0.15, 0.2) is 48.3 Å². The average molecular weight is 357 g/mol. The second-order valence-electron chi connectivity index (χ2n) is 6.15. The van der Waals surface area contributed by atoms with Crippen molar-refractivity contribution < 1.29 is 13.2 Å². The number of aromatic nitrogens is 2. The van der Waals surface area contributed by atoms with E-state index in [1.165, 1.54) is 11.8 Å². The van der Waals surface area contributed by atoms with Gasteiger partial charge in [0.2, 0.25) is 0 Å². The molecule has 0 spiro atoms. The van der Waals surface area contributed by atoms with E-state index in [2.05, 4.69) is 21.8 Å². The lowest BCUT2D eigenvalue weighted by molar-refractivity contribution is -0.137. The van der Waals surface area contributed by atoms with Crippen LogP contribution in [-0.2, 0) is 6.18 Å². The normalized spacial score (nSPS) is 14.6. The molecule has 1 aliphatic rings. The molecule has 0 N–H and O–H groups in total. The van der Waals surface area contributed by atoms with Crippen LogP contribution in [0.5, 0.6) is 0 Å². The lowest BCUT2D eigenvalue weighted by atomic mass is 10.0. The van der Waals surface area contributed by atoms with Crippen molar-refractivity contribution in [2.75, 3.05) is 18.0 Å². The second kappa shape index (κ2) is 7.61. The zero-order valence-corrected chi connectivity index (χ0v) is 14.3. The van der Waals surface area contributed by atoms with Gasteiger partial charge < -0.3 is 4.90 Å². The number of anilines is 1. The van der Waals surface area contributed by atoms with Gasteiger partial charge in [0.25, 0.3) is 0 Å². The first-order valence-electron chi connectivity index (χ1n) is 8.32. The molecule has 0 bridgehead atoms. The van der Waals surface area contributed by atoms with E-state index in [1.807, 2.05) is 36.1 Å². The topological polar surface area (TPSA) is 29.0 Å². The summed E-state index contributed by atoms with van der Waals surface area (Å²) in [7, 11) is 0. The van der Waals surface area contributed by atoms with Crippen LogP contribution in [0.2, 0.25) is 0 Å². The first kappa shape index (κ1) is 18.0. The predicted octanol–water partition coefficient (Wildman–Crippen LogP) is 4.38. The van der Waals surface area contributed by atoms with Gasteiger partial charge in [-0.15, -0.1) is 0 Å². The Hall–Kier alpha value is -2.81. The summed E-state index contributed by atoms with van der Waals surface area (Å²) >= 11 is 0. The number of aryl methyl sites for hydroxylation is 1. The molecular weight excluding hydrogens is 339 g/mol. The van der Waals surface area contributed by atoms with Gasteiger partial charge in [0.1, 0.15) is 5.69 Å². The summed E-state index contributed by atoms with van der Waals surface area (Å²) in [6, 6.07) is 6.86. The first-order chi connectivity index (χ1) is 12.4. The first-order valence-corrected chi connectivity index (χ1v) is 8.32. The van der Waals surface area contributed by atoms with Crippen molar-refractivity contribution in [2.45, 2.75) is 25.9 Å². The number of nitrogens with zero attached hydrogens (tertiary/aromatic N) is 3. The van der Waals surface area contributed by atoms with Crippen LogP contribution in [0.4, 0.5) is 18.9 Å². The zero-order chi connectivity index (χ0) is 18.6. The molecule has 0 radical (unpaired) electrons. The van der Waals surface area contributed by atoms with Gasteiger partial charge in [0, 0.05) is 25.0 Å². The largest absolute Gasteiger partial charge is 0.417 e. The molecule has 3 nitrogen and oxygen atoms in total. The quantitative estimate of drug-likeness (QED) is 0.709. The molecule has 0 aromatic carbocycles. The molecule has 2 aromatic rings. The molecule has 0 atom stereocenters. The SMILES string of the molecule is Cc1cccc(C#CC=C2CCN(c3cncc(C(F)(F)F)c3)CC2)n1. The van der Waals surface area contributed by atoms with Crippen LogP contribution in [0.3, 0.4) is 0 Å². The molecular formula is C20H18F3N3. The highest BCUT2D eigenvalue weighted by Crippen LogP contribution is 2.31. The minimum atomic E-state index is -4.37. The molecule has 0 unspecified atom stereocenters. The van der Waals surface area contributed by atoms with Crippen LogP contribution < -0.4 is 4.90 Å². The standard InChI is InChI=1S/C20H18F3N3/c1-15-4-2-6-18(25-15)7-3-5-16-8-10-26(11-9-16)19-12-17(13-24-14-19)20(21,22)23/h2,4-6,12-14H,8-11H2,1H3. The number of rotatable bonds is 1. The highest BCUT2D eigenvalue weighted by Gasteiger charge is 2.31. The summed E-state index contributed by atoms with van der Waals surface area (Å²) < 4.78 is 38.4. The van der Waals surface area contributed by atoms with Crippen molar-refractivity contribution in [2.24, 2.45) is 0 Å². The van der Waals surface area contributed by atoms with E-state index in [4.69, 9.17) is 0 Å². The van der Waals surface area contributed by atoms with Crippen LogP contribution in [0.25, 0.3) is 0 Å². The van der Waals surface area contributed by atoms with Crippen molar-refractivity contribution >= 4 is 5.69 Å². The molecule has 3 rings (SSSR count). The van der Waals surface area contributed by atoms with Gasteiger partial charge in [0.15, 0.2) is 0 Å². The summed E-state index contributed by atoms with van der Waals surface area (Å²) in [5.74, 6) is 6.04. The molecule has 2 aromatic heterocycles. The number of hydrogen-bond acceptors (Lipinski definition) is 3. The van der Waals surface area contributed by atoms with Crippen LogP contribution in [0, 0.1) is 18.8 Å². The third-order valence-electron chi connectivity index (χ3n) is 4.19. The highest BCUT2D eigenvalue weighted by atomic mass is 19.4. The Morgan fingerprint density at radius 3 is 2.62 bits per heavy atom. The maximum Gasteiger partial charge on any atom is 0.417 e. The Labute approximate surface area is 150 Å². The third kappa shape index (κ3) is 4.63. The zero-order valence-electron chi connectivity index (χ0n) is 14.3. The minimum Gasteiger partial charge on any atom is -0.370 e. The van der Waals surface area contributed by atoms with Crippen LogP contribution in [0.1, 0.15) is 29.8 Å². The van der Waals surface area contributed by atoms with Gasteiger partial charge in [0.05, 0.1) is 17.4 Å². The van der Waals surface area contributed by atoms with Crippen LogP contribution >= 0.6 is 0 Å². The fourth-order valence-electron chi connectivity index (χ4n) is 2.78. The van der Waals surface area contributed by atoms with E-state index in [9.17, 15) is 13.2 Å². The molecule has 6 heteroatoms. The Kier molecular flexibility index (Phi) is 5.27. The van der Waals surface area contributed by atoms with Gasteiger partial charge in [-0.05, 0) is 50.0 Å². The highest BCUT2D eigenvalue weighted by molar-refractivity contribution is 5.48. The fourth-order valence-corrected chi connectivity index (χ4v) is 2.78. The van der Waals surface area contributed by atoms with Gasteiger partial charge in [-0.25, -0.2) is 4.98 Å². The molecule has 3 heterocycles. The number of pyridine rings is 2. The smallest absolute Gasteiger partial charge is 0.370 e. The third-order valence-corrected chi connectivity index (χ3v) is 4.19. The maximum absolute atomic E-state index is 12.8. The van der Waals surface area contributed by atoms with Crippen molar-refractivity contribution in [3.8, 4) is 11.8 Å². The van der Waals surface area contributed by atoms with E-state index >= 15 is 0 Å². The minimum absolute atomic E-state index is 0.508. The predicted molar refractivity (Wildman–Crippen MR) is 94.6 cm³/mol. The van der Waals surface area contributed by atoms with Crippen molar-refractivity contribution in [3.63, 3.8) is 0 Å². The average Bonchev–Trinajstić information content (AvgIpc) is 2.62. The molecule has 26 heavy (non-hydrogen) atoms. The van der Waals surface area contributed by atoms with E-state index < -0.39 is 11.7 Å². The number of allylic oxidation sites excluding steroid dienone is 1. The van der Waals surface area contributed by atoms with Crippen molar-refractivity contribution in [1.82, 2.24) is 9.97 Å². The Morgan fingerprint density at radius 2 is 1.92 bits per heavy atom. The summed E-state index contributed by atoms with van der Waals surface area (Å²) in [6.07, 6.45) is 1.40. The Balaban J connectivity index is 1.63. The molecule has 0 amide bonds. The Bertz CT molecular complexity index is 866. The molecule has 134 valence electrons. The maximum atomic E-state index is 12.8. The van der Waals surface area contributed by atoms with Crippen molar-refractivity contribution in [3.05, 3.63) is 65.3 Å². The number of halogens is 3. The van der Waals surface area contributed by atoms with E-state index in [-0.39, 0.29) is 0 Å². The van der Waals surface area contributed by atoms with E-state index in [0.717, 1.165) is 36.5 Å². The molecule has 1 fully saturated rings. The van der Waals surface area contributed by atoms with Gasteiger partial charge in [-0.3, -0.25) is 4.98 Å². The lowest BCUT2D eigenvalue weighted by Gasteiger charge is -2.30. The van der Waals surface area contributed by atoms with Gasteiger partial charge >= 0.3 is 6.18 Å². The van der Waals surface area contributed by atoms with Crippen LogP contribution in [-0.4, -0.2) is 23.1 Å². The van der Waals surface area contributed by atoms with E-state index in [1.54, 1.807) is 0 Å². The summed E-state index contributed by atoms with van der Waals surface area (Å²) in [5.41, 5.74) is 2.64. The second-order valence-corrected chi connectivity index (χ2v) is 6.15. The van der Waals surface area contributed by atoms with Gasteiger partial charge in [-0.1, -0.05) is 17.6 Å². The summed E-state index contributed by atoms with van der Waals surface area (Å²) in [4.78, 5) is 9.98. The molecule has 0 aliphatic carbocycles. The molecule has 0 saturated carbocycles. The number of piperidine rings is 1. The fraction of sp³-hybridized carbons (Fsp3) is 0.300. The molecule has 1 aliphatic heterocycles. The summed E-state index contributed by atoms with van der Waals surface area (Å²) in [5, 5.41) is 0. The number of hydrogen-bond donors (Lipinski definition) is 0. The monoisotopic (exact) mass is 357 g/mol. The van der Waals surface area contributed by atoms with E-state index in [0.29, 0.717) is 18.8 Å². The van der Waals surface area contributed by atoms with Crippen molar-refractivity contribution in [1.29, 1.82) is 0 Å². The number of alkyl halides is 3. The lowest BCUT2D eigenvalue weighted by Crippen LogP contribution is -2.30. The summed E-state index contributed by atoms with van der Waals surface area (Å²) in [6.45, 7) is 3.22.